The molecule has 0 bridgehead atoms. The van der Waals surface area contributed by atoms with E-state index in [0.29, 0.717) is 0 Å². The maximum absolute atomic E-state index is 4.77. The van der Waals surface area contributed by atoms with Crippen LogP contribution >= 0.6 is 0 Å². The van der Waals surface area contributed by atoms with E-state index >= 15 is 0 Å². The Morgan fingerprint density at radius 3 is 2.43 bits per heavy atom. The highest BCUT2D eigenvalue weighted by atomic mass is 15.3. The van der Waals surface area contributed by atoms with Crippen LogP contribution in [0.15, 0.2) is 54.6 Å². The Labute approximate surface area is 123 Å². The molecule has 2 aromatic carbocycles. The van der Waals surface area contributed by atoms with Gasteiger partial charge in [0.1, 0.15) is 5.65 Å². The predicted molar refractivity (Wildman–Crippen MR) is 87.0 cm³/mol. The molecular formula is C18H17N3. The second-order valence-electron chi connectivity index (χ2n) is 5.29. The molecule has 0 N–H and O–H groups in total. The summed E-state index contributed by atoms with van der Waals surface area (Å²) >= 11 is 0. The molecular weight excluding hydrogens is 258 g/mol. The number of fused-ring (bicyclic) bond motifs is 3. The van der Waals surface area contributed by atoms with Crippen molar-refractivity contribution in [3.05, 3.63) is 60.3 Å². The van der Waals surface area contributed by atoms with Gasteiger partial charge in [0.2, 0.25) is 0 Å². The SMILES string of the molecule is CCn1c2ccccc2c2c(C)nn(-c3ccccc3)c21. The van der Waals surface area contributed by atoms with E-state index in [0.717, 1.165) is 17.9 Å². The van der Waals surface area contributed by atoms with Crippen molar-refractivity contribution in [2.24, 2.45) is 0 Å². The fourth-order valence-electron chi connectivity index (χ4n) is 3.18. The Kier molecular flexibility index (Phi) is 2.61. The van der Waals surface area contributed by atoms with Crippen molar-refractivity contribution in [1.29, 1.82) is 0 Å². The monoisotopic (exact) mass is 275 g/mol. The molecule has 0 radical (unpaired) electrons. The first-order valence-electron chi connectivity index (χ1n) is 7.33. The van der Waals surface area contributed by atoms with Crippen LogP contribution < -0.4 is 0 Å². The van der Waals surface area contributed by atoms with Gasteiger partial charge in [-0.1, -0.05) is 36.4 Å². The van der Waals surface area contributed by atoms with Crippen LogP contribution in [0.3, 0.4) is 0 Å². The van der Waals surface area contributed by atoms with E-state index in [-0.39, 0.29) is 0 Å². The van der Waals surface area contributed by atoms with Gasteiger partial charge in [0.25, 0.3) is 0 Å². The van der Waals surface area contributed by atoms with Crippen LogP contribution in [0.2, 0.25) is 0 Å². The lowest BCUT2D eigenvalue weighted by atomic mass is 10.2. The molecule has 4 rings (SSSR count). The van der Waals surface area contributed by atoms with E-state index in [1.165, 1.54) is 21.9 Å². The van der Waals surface area contributed by atoms with Gasteiger partial charge in [-0.15, -0.1) is 0 Å². The van der Waals surface area contributed by atoms with Crippen molar-refractivity contribution in [3.8, 4) is 5.69 Å². The molecule has 0 unspecified atom stereocenters. The van der Waals surface area contributed by atoms with E-state index in [2.05, 4.69) is 71.6 Å². The van der Waals surface area contributed by atoms with Crippen molar-refractivity contribution < 1.29 is 0 Å². The summed E-state index contributed by atoms with van der Waals surface area (Å²) in [5.74, 6) is 0. The third kappa shape index (κ3) is 1.64. The van der Waals surface area contributed by atoms with Gasteiger partial charge in [-0.05, 0) is 32.0 Å². The highest BCUT2D eigenvalue weighted by Gasteiger charge is 2.18. The van der Waals surface area contributed by atoms with Crippen molar-refractivity contribution in [2.75, 3.05) is 0 Å². The second kappa shape index (κ2) is 4.48. The third-order valence-electron chi connectivity index (χ3n) is 4.07. The Hall–Kier alpha value is -2.55. The minimum atomic E-state index is 0.933. The summed E-state index contributed by atoms with van der Waals surface area (Å²) in [6.45, 7) is 5.21. The highest BCUT2D eigenvalue weighted by molar-refractivity contribution is 6.08. The summed E-state index contributed by atoms with van der Waals surface area (Å²) in [6, 6.07) is 18.9. The Morgan fingerprint density at radius 1 is 0.952 bits per heavy atom. The zero-order chi connectivity index (χ0) is 14.4. The summed E-state index contributed by atoms with van der Waals surface area (Å²) in [4.78, 5) is 0. The normalized spacial score (nSPS) is 11.5. The Morgan fingerprint density at radius 2 is 1.67 bits per heavy atom. The van der Waals surface area contributed by atoms with Gasteiger partial charge in [-0.25, -0.2) is 4.68 Å². The molecule has 0 aliphatic rings. The number of hydrogen-bond donors (Lipinski definition) is 0. The van der Waals surface area contributed by atoms with Crippen LogP contribution in [-0.2, 0) is 6.54 Å². The predicted octanol–water partition coefficient (Wildman–Crippen LogP) is 4.31. The second-order valence-corrected chi connectivity index (χ2v) is 5.29. The fraction of sp³-hybridized carbons (Fsp3) is 0.167. The molecule has 0 amide bonds. The van der Waals surface area contributed by atoms with Crippen LogP contribution in [-0.4, -0.2) is 14.3 Å². The van der Waals surface area contributed by atoms with Crippen molar-refractivity contribution in [2.45, 2.75) is 20.4 Å². The fourth-order valence-corrected chi connectivity index (χ4v) is 3.18. The number of aromatic nitrogens is 3. The smallest absolute Gasteiger partial charge is 0.145 e. The van der Waals surface area contributed by atoms with Crippen molar-refractivity contribution in [3.63, 3.8) is 0 Å². The zero-order valence-electron chi connectivity index (χ0n) is 12.2. The summed E-state index contributed by atoms with van der Waals surface area (Å²) in [6.07, 6.45) is 0. The van der Waals surface area contributed by atoms with E-state index in [1.54, 1.807) is 0 Å². The van der Waals surface area contributed by atoms with Crippen molar-refractivity contribution in [1.82, 2.24) is 14.3 Å². The van der Waals surface area contributed by atoms with E-state index in [9.17, 15) is 0 Å². The lowest BCUT2D eigenvalue weighted by molar-refractivity contribution is 0.775. The van der Waals surface area contributed by atoms with Gasteiger partial charge < -0.3 is 4.57 Å². The third-order valence-corrected chi connectivity index (χ3v) is 4.07. The topological polar surface area (TPSA) is 22.8 Å². The minimum Gasteiger partial charge on any atom is -0.325 e. The standard InChI is InChI=1S/C18H17N3/c1-3-20-16-12-8-7-11-15(16)17-13(2)19-21(18(17)20)14-9-5-4-6-10-14/h4-12H,3H2,1-2H3. The largest absolute Gasteiger partial charge is 0.325 e. The summed E-state index contributed by atoms with van der Waals surface area (Å²) in [5, 5.41) is 7.32. The van der Waals surface area contributed by atoms with Gasteiger partial charge in [0.05, 0.1) is 16.9 Å². The van der Waals surface area contributed by atoms with Crippen LogP contribution in [0.5, 0.6) is 0 Å². The van der Waals surface area contributed by atoms with Crippen LogP contribution in [0.4, 0.5) is 0 Å². The molecule has 0 saturated heterocycles. The number of rotatable bonds is 2. The van der Waals surface area contributed by atoms with Crippen molar-refractivity contribution >= 4 is 21.9 Å². The molecule has 2 aromatic heterocycles. The minimum absolute atomic E-state index is 0.933. The quantitative estimate of drug-likeness (QED) is 0.534. The average molecular weight is 275 g/mol. The molecule has 4 aromatic rings. The number of para-hydroxylation sites is 2. The number of aryl methyl sites for hydroxylation is 2. The van der Waals surface area contributed by atoms with Gasteiger partial charge in [0, 0.05) is 17.3 Å². The number of hydrogen-bond acceptors (Lipinski definition) is 1. The molecule has 3 nitrogen and oxygen atoms in total. The summed E-state index contributed by atoms with van der Waals surface area (Å²) < 4.78 is 4.41. The van der Waals surface area contributed by atoms with Gasteiger partial charge in [-0.2, -0.15) is 5.10 Å². The molecule has 21 heavy (non-hydrogen) atoms. The van der Waals surface area contributed by atoms with E-state index in [4.69, 9.17) is 5.10 Å². The van der Waals surface area contributed by atoms with Gasteiger partial charge >= 0.3 is 0 Å². The van der Waals surface area contributed by atoms with Gasteiger partial charge in [-0.3, -0.25) is 0 Å². The maximum atomic E-state index is 4.77. The van der Waals surface area contributed by atoms with Crippen LogP contribution in [0, 0.1) is 6.92 Å². The first kappa shape index (κ1) is 12.2. The Bertz CT molecular complexity index is 929. The lowest BCUT2D eigenvalue weighted by Crippen LogP contribution is -2.03. The van der Waals surface area contributed by atoms with Gasteiger partial charge in [0.15, 0.2) is 0 Å². The molecule has 3 heteroatoms. The molecule has 0 aliphatic carbocycles. The zero-order valence-corrected chi connectivity index (χ0v) is 12.2. The molecule has 0 aliphatic heterocycles. The van der Waals surface area contributed by atoms with E-state index in [1.807, 2.05) is 6.07 Å². The molecule has 0 fully saturated rings. The summed E-state index contributed by atoms with van der Waals surface area (Å²) in [7, 11) is 0. The molecule has 0 spiro atoms. The Balaban J connectivity index is 2.20. The number of benzene rings is 2. The molecule has 0 saturated carbocycles. The molecule has 0 atom stereocenters. The van der Waals surface area contributed by atoms with E-state index < -0.39 is 0 Å². The van der Waals surface area contributed by atoms with Crippen LogP contribution in [0.25, 0.3) is 27.6 Å². The average Bonchev–Trinajstić information content (AvgIpc) is 3.04. The number of nitrogens with zero attached hydrogens (tertiary/aromatic N) is 3. The first-order chi connectivity index (χ1) is 10.3. The summed E-state index contributed by atoms with van der Waals surface area (Å²) in [5.41, 5.74) is 4.65. The molecule has 2 heterocycles. The van der Waals surface area contributed by atoms with Crippen LogP contribution in [0.1, 0.15) is 12.6 Å². The molecule has 104 valence electrons. The first-order valence-corrected chi connectivity index (χ1v) is 7.33. The lowest BCUT2D eigenvalue weighted by Gasteiger charge is -2.07. The highest BCUT2D eigenvalue weighted by Crippen LogP contribution is 2.32. The maximum Gasteiger partial charge on any atom is 0.145 e.